The average molecular weight is 605 g/mol. The van der Waals surface area contributed by atoms with E-state index in [0.29, 0.717) is 29.3 Å². The first kappa shape index (κ1) is 31.2. The molecule has 0 aromatic heterocycles. The van der Waals surface area contributed by atoms with E-state index in [-0.39, 0.29) is 16.8 Å². The highest BCUT2D eigenvalue weighted by atomic mass is 32.2. The van der Waals surface area contributed by atoms with E-state index in [1.54, 1.807) is 56.3 Å². The summed E-state index contributed by atoms with van der Waals surface area (Å²) in [6.07, 6.45) is 4.82. The number of aliphatic hydroxyl groups is 1. The van der Waals surface area contributed by atoms with Gasteiger partial charge in [0.2, 0.25) is 10.0 Å². The summed E-state index contributed by atoms with van der Waals surface area (Å²) in [5.41, 5.74) is 2.24. The van der Waals surface area contributed by atoms with Gasteiger partial charge in [-0.25, -0.2) is 13.1 Å². The van der Waals surface area contributed by atoms with Gasteiger partial charge in [0.25, 0.3) is 5.91 Å². The van der Waals surface area contributed by atoms with Crippen molar-refractivity contribution >= 4 is 15.9 Å². The molecule has 43 heavy (non-hydrogen) atoms. The number of aryl methyl sites for hydroxylation is 2. The van der Waals surface area contributed by atoms with E-state index < -0.39 is 27.8 Å². The number of sulfonamides is 1. The number of carbonyl (C=O) groups is 1. The summed E-state index contributed by atoms with van der Waals surface area (Å²) in [5, 5.41) is 11.3. The molecule has 5 rings (SSSR count). The fourth-order valence-corrected chi connectivity index (χ4v) is 7.76. The largest absolute Gasteiger partial charge is 0.485 e. The summed E-state index contributed by atoms with van der Waals surface area (Å²) in [6, 6.07) is 21.6. The van der Waals surface area contributed by atoms with E-state index in [9.17, 15) is 18.3 Å². The third-order valence-corrected chi connectivity index (χ3v) is 10.6. The lowest BCUT2D eigenvalue weighted by atomic mass is 9.86. The fourth-order valence-electron chi connectivity index (χ4n) is 6.54. The molecule has 2 aliphatic rings. The highest BCUT2D eigenvalue weighted by Gasteiger charge is 2.45. The van der Waals surface area contributed by atoms with Crippen LogP contribution in [-0.4, -0.2) is 48.6 Å². The van der Waals surface area contributed by atoms with Crippen LogP contribution in [0.15, 0.2) is 77.7 Å². The zero-order chi connectivity index (χ0) is 30.8. The number of benzene rings is 3. The predicted molar refractivity (Wildman–Crippen MR) is 169 cm³/mol. The van der Waals surface area contributed by atoms with Crippen LogP contribution in [0, 0.1) is 5.92 Å². The SMILES string of the molecule is CCc1ccc(S(=O)(=O)N[C@@H]2c3cc(C(=O)N(CC)C4CCC(CCc5ccccc5)C4)ccc3OC(C)(C)[C@H]2O)cc1. The van der Waals surface area contributed by atoms with Gasteiger partial charge >= 0.3 is 0 Å². The molecule has 2 unspecified atom stereocenters. The molecule has 3 aromatic carbocycles. The molecule has 0 saturated heterocycles. The molecule has 0 bridgehead atoms. The van der Waals surface area contributed by atoms with Gasteiger partial charge in [0.1, 0.15) is 17.5 Å². The molecule has 1 aliphatic heterocycles. The van der Waals surface area contributed by atoms with Crippen LogP contribution in [-0.2, 0) is 22.9 Å². The first-order valence-electron chi connectivity index (χ1n) is 15.5. The van der Waals surface area contributed by atoms with Crippen molar-refractivity contribution in [2.24, 2.45) is 5.92 Å². The molecular weight excluding hydrogens is 560 g/mol. The molecule has 4 atom stereocenters. The van der Waals surface area contributed by atoms with E-state index in [1.807, 2.05) is 24.8 Å². The number of nitrogens with zero attached hydrogens (tertiary/aromatic N) is 1. The summed E-state index contributed by atoms with van der Waals surface area (Å²) in [7, 11) is -3.97. The topological polar surface area (TPSA) is 95.9 Å². The van der Waals surface area contributed by atoms with Crippen LogP contribution in [0.4, 0.5) is 0 Å². The van der Waals surface area contributed by atoms with Crippen LogP contribution in [0.2, 0.25) is 0 Å². The molecule has 7 nitrogen and oxygen atoms in total. The Bertz CT molecular complexity index is 1520. The van der Waals surface area contributed by atoms with Gasteiger partial charge in [0.05, 0.1) is 10.9 Å². The molecule has 8 heteroatoms. The minimum absolute atomic E-state index is 0.0879. The van der Waals surface area contributed by atoms with E-state index in [1.165, 1.54) is 5.56 Å². The van der Waals surface area contributed by atoms with Crippen LogP contribution < -0.4 is 9.46 Å². The van der Waals surface area contributed by atoms with Crippen LogP contribution in [0.3, 0.4) is 0 Å². The lowest BCUT2D eigenvalue weighted by Gasteiger charge is -2.42. The second-order valence-corrected chi connectivity index (χ2v) is 14.2. The molecule has 230 valence electrons. The molecule has 1 aliphatic carbocycles. The second kappa shape index (κ2) is 12.8. The summed E-state index contributed by atoms with van der Waals surface area (Å²) in [4.78, 5) is 16.0. The van der Waals surface area contributed by atoms with Crippen molar-refractivity contribution in [1.29, 1.82) is 0 Å². The number of rotatable bonds is 10. The standard InChI is InChI=1S/C35H44N2O5S/c1-5-24-15-19-29(20-16-24)43(40,41)36-32-30-23-27(17-21-31(30)42-35(3,4)33(32)38)34(39)37(6-2)28-18-14-26(22-28)13-12-25-10-8-7-9-11-25/h7-11,15-17,19-21,23,26,28,32-33,36,38H,5-6,12-14,18,22H2,1-4H3/t26?,28?,32-,33+/m1/s1. The highest BCUT2D eigenvalue weighted by molar-refractivity contribution is 7.89. The quantitative estimate of drug-likeness (QED) is 0.293. The zero-order valence-electron chi connectivity index (χ0n) is 25.6. The van der Waals surface area contributed by atoms with Crippen molar-refractivity contribution in [3.05, 3.63) is 95.1 Å². The number of hydrogen-bond acceptors (Lipinski definition) is 5. The Morgan fingerprint density at radius 2 is 1.72 bits per heavy atom. The number of nitrogens with one attached hydrogen (secondary N) is 1. The second-order valence-electron chi connectivity index (χ2n) is 12.4. The summed E-state index contributed by atoms with van der Waals surface area (Å²) < 4.78 is 35.7. The Labute approximate surface area is 256 Å². The molecule has 1 amide bonds. The number of fused-ring (bicyclic) bond motifs is 1. The number of ether oxygens (including phenoxy) is 1. The van der Waals surface area contributed by atoms with Gasteiger partial charge in [-0.1, -0.05) is 49.4 Å². The molecule has 0 spiro atoms. The van der Waals surface area contributed by atoms with Crippen LogP contribution >= 0.6 is 0 Å². The van der Waals surface area contributed by atoms with E-state index in [0.717, 1.165) is 44.1 Å². The maximum absolute atomic E-state index is 13.9. The summed E-state index contributed by atoms with van der Waals surface area (Å²) in [6.45, 7) is 8.05. The van der Waals surface area contributed by atoms with Gasteiger partial charge in [-0.3, -0.25) is 4.79 Å². The van der Waals surface area contributed by atoms with Crippen LogP contribution in [0.5, 0.6) is 5.75 Å². The van der Waals surface area contributed by atoms with E-state index in [2.05, 4.69) is 29.0 Å². The third-order valence-electron chi connectivity index (χ3n) is 9.16. The minimum atomic E-state index is -3.97. The maximum Gasteiger partial charge on any atom is 0.254 e. The first-order valence-corrected chi connectivity index (χ1v) is 17.0. The van der Waals surface area contributed by atoms with Crippen molar-refractivity contribution in [2.75, 3.05) is 6.54 Å². The van der Waals surface area contributed by atoms with Crippen LogP contribution in [0.1, 0.15) is 86.5 Å². The summed E-state index contributed by atoms with van der Waals surface area (Å²) >= 11 is 0. The predicted octanol–water partition coefficient (Wildman–Crippen LogP) is 6.06. The third kappa shape index (κ3) is 6.82. The minimum Gasteiger partial charge on any atom is -0.485 e. The van der Waals surface area contributed by atoms with Gasteiger partial charge in [0.15, 0.2) is 0 Å². The van der Waals surface area contributed by atoms with Gasteiger partial charge < -0.3 is 14.7 Å². The summed E-state index contributed by atoms with van der Waals surface area (Å²) in [5.74, 6) is 0.937. The van der Waals surface area contributed by atoms with Gasteiger partial charge in [-0.05, 0) is 107 Å². The molecule has 2 N–H and O–H groups in total. The van der Waals surface area contributed by atoms with E-state index in [4.69, 9.17) is 4.74 Å². The molecule has 0 radical (unpaired) electrons. The molecular formula is C35H44N2O5S. The average Bonchev–Trinajstić information content (AvgIpc) is 3.47. The maximum atomic E-state index is 13.9. The molecule has 1 heterocycles. The number of aliphatic hydroxyl groups excluding tert-OH is 1. The highest BCUT2D eigenvalue weighted by Crippen LogP contribution is 2.41. The van der Waals surface area contributed by atoms with Crippen molar-refractivity contribution < 1.29 is 23.1 Å². The normalized spacial score (nSPS) is 22.9. The van der Waals surface area contributed by atoms with Crippen molar-refractivity contribution in [1.82, 2.24) is 9.62 Å². The molecule has 3 aromatic rings. The zero-order valence-corrected chi connectivity index (χ0v) is 26.4. The Balaban J connectivity index is 1.35. The number of amides is 1. The van der Waals surface area contributed by atoms with E-state index >= 15 is 0 Å². The van der Waals surface area contributed by atoms with Gasteiger partial charge in [0, 0.05) is 23.7 Å². The number of hydrogen-bond donors (Lipinski definition) is 2. The Hall–Kier alpha value is -3.20. The smallest absolute Gasteiger partial charge is 0.254 e. The number of carbonyl (C=O) groups excluding carboxylic acids is 1. The molecule has 1 saturated carbocycles. The Morgan fingerprint density at radius 3 is 2.40 bits per heavy atom. The van der Waals surface area contributed by atoms with Crippen LogP contribution in [0.25, 0.3) is 0 Å². The van der Waals surface area contributed by atoms with Gasteiger partial charge in [-0.2, -0.15) is 0 Å². The fraction of sp³-hybridized carbons (Fsp3) is 0.457. The molecule has 1 fully saturated rings. The monoisotopic (exact) mass is 604 g/mol. The first-order chi connectivity index (χ1) is 20.5. The Kier molecular flexibility index (Phi) is 9.30. The van der Waals surface area contributed by atoms with Crippen molar-refractivity contribution in [2.45, 2.75) is 94.9 Å². The Morgan fingerprint density at radius 1 is 1.00 bits per heavy atom. The van der Waals surface area contributed by atoms with Gasteiger partial charge in [-0.15, -0.1) is 0 Å². The lowest BCUT2D eigenvalue weighted by molar-refractivity contribution is -0.0603. The van der Waals surface area contributed by atoms with Crippen molar-refractivity contribution in [3.8, 4) is 5.75 Å². The lowest BCUT2D eigenvalue weighted by Crippen LogP contribution is -2.53. The van der Waals surface area contributed by atoms with Crippen molar-refractivity contribution in [3.63, 3.8) is 0 Å².